The van der Waals surface area contributed by atoms with Gasteiger partial charge in [-0.2, -0.15) is 0 Å². The summed E-state index contributed by atoms with van der Waals surface area (Å²) in [6, 6.07) is 2.64. The van der Waals surface area contributed by atoms with Crippen molar-refractivity contribution < 1.29 is 34.2 Å². The minimum absolute atomic E-state index is 0.0102. The number of primary amides is 1. The Bertz CT molecular complexity index is 812. The predicted octanol–water partition coefficient (Wildman–Crippen LogP) is -2.28. The van der Waals surface area contributed by atoms with Gasteiger partial charge >= 0.3 is 5.97 Å². The number of carboxylic acid groups (broad SMARTS) is 1. The molecule has 0 aliphatic carbocycles. The third-order valence-corrected chi connectivity index (χ3v) is 4.21. The Labute approximate surface area is 178 Å². The number of amides is 4. The molecule has 3 atom stereocenters. The van der Waals surface area contributed by atoms with E-state index in [0.717, 1.165) is 0 Å². The van der Waals surface area contributed by atoms with E-state index in [2.05, 4.69) is 16.0 Å². The summed E-state index contributed by atoms with van der Waals surface area (Å²) >= 11 is 0. The van der Waals surface area contributed by atoms with Crippen LogP contribution in [0.1, 0.15) is 25.3 Å². The molecule has 1 rings (SSSR count). The van der Waals surface area contributed by atoms with Gasteiger partial charge < -0.3 is 37.6 Å². The molecule has 0 heterocycles. The molecule has 12 heteroatoms. The van der Waals surface area contributed by atoms with Gasteiger partial charge in [0.15, 0.2) is 0 Å². The van der Waals surface area contributed by atoms with Gasteiger partial charge in [-0.1, -0.05) is 12.1 Å². The quantitative estimate of drug-likeness (QED) is 0.189. The van der Waals surface area contributed by atoms with Crippen molar-refractivity contribution in [2.45, 2.75) is 44.3 Å². The number of benzene rings is 1. The Hall–Kier alpha value is -3.67. The number of aliphatic carboxylic acids is 1. The van der Waals surface area contributed by atoms with Gasteiger partial charge in [0.25, 0.3) is 0 Å². The summed E-state index contributed by atoms with van der Waals surface area (Å²) in [5, 5.41) is 25.2. The summed E-state index contributed by atoms with van der Waals surface area (Å²) in [5.41, 5.74) is 11.3. The summed E-state index contributed by atoms with van der Waals surface area (Å²) in [7, 11) is 0. The van der Waals surface area contributed by atoms with Crippen molar-refractivity contribution in [2.75, 3.05) is 6.54 Å². The molecule has 0 saturated heterocycles. The minimum atomic E-state index is -1.26. The van der Waals surface area contributed by atoms with Crippen molar-refractivity contribution in [3.8, 4) is 5.75 Å². The van der Waals surface area contributed by atoms with E-state index in [1.807, 2.05) is 0 Å². The molecule has 9 N–H and O–H groups in total. The van der Waals surface area contributed by atoms with Crippen LogP contribution < -0.4 is 27.4 Å². The van der Waals surface area contributed by atoms with Gasteiger partial charge in [0, 0.05) is 12.8 Å². The Morgan fingerprint density at radius 1 is 1.00 bits per heavy atom. The lowest BCUT2D eigenvalue weighted by Gasteiger charge is -2.22. The first-order chi connectivity index (χ1) is 14.5. The molecule has 0 radical (unpaired) electrons. The molecule has 0 unspecified atom stereocenters. The number of nitrogens with two attached hydrogens (primary N) is 2. The van der Waals surface area contributed by atoms with E-state index in [1.54, 1.807) is 12.1 Å². The summed E-state index contributed by atoms with van der Waals surface area (Å²) in [4.78, 5) is 58.4. The number of carbonyl (C=O) groups excluding carboxylic acids is 4. The largest absolute Gasteiger partial charge is 0.508 e. The molecule has 0 spiro atoms. The number of phenolic OH excluding ortho intramolecular Hbond substituents is 1. The fraction of sp³-hybridized carbons (Fsp3) is 0.421. The highest BCUT2D eigenvalue weighted by atomic mass is 16.4. The number of aromatic hydroxyl groups is 1. The topological polar surface area (TPSA) is 214 Å². The average molecular weight is 437 g/mol. The Kier molecular flexibility index (Phi) is 9.92. The molecular formula is C19H27N5O7. The molecule has 0 fully saturated rings. The van der Waals surface area contributed by atoms with Crippen molar-refractivity contribution >= 4 is 29.6 Å². The van der Waals surface area contributed by atoms with Gasteiger partial charge in [-0.25, -0.2) is 0 Å². The van der Waals surface area contributed by atoms with E-state index in [4.69, 9.17) is 16.6 Å². The second-order valence-electron chi connectivity index (χ2n) is 6.89. The summed E-state index contributed by atoms with van der Waals surface area (Å²) in [5.74, 6) is -3.96. The van der Waals surface area contributed by atoms with E-state index in [1.165, 1.54) is 19.1 Å². The number of hydrogen-bond acceptors (Lipinski definition) is 7. The van der Waals surface area contributed by atoms with Crippen LogP contribution in [0.15, 0.2) is 24.3 Å². The molecular weight excluding hydrogens is 410 g/mol. The monoisotopic (exact) mass is 437 g/mol. The van der Waals surface area contributed by atoms with E-state index >= 15 is 0 Å². The van der Waals surface area contributed by atoms with Gasteiger partial charge in [-0.05, 0) is 31.0 Å². The molecule has 0 aliphatic rings. The van der Waals surface area contributed by atoms with Gasteiger partial charge in [0.2, 0.25) is 23.6 Å². The number of rotatable bonds is 12. The molecule has 0 bridgehead atoms. The lowest BCUT2D eigenvalue weighted by atomic mass is 10.0. The third kappa shape index (κ3) is 9.58. The second kappa shape index (κ2) is 12.1. The maximum atomic E-state index is 12.5. The zero-order valence-corrected chi connectivity index (χ0v) is 17.0. The van der Waals surface area contributed by atoms with Gasteiger partial charge in [0.1, 0.15) is 24.4 Å². The standard InChI is InChI=1S/C19H27N5O7/c1-10(23-18(30)13(20)6-7-15(21)26)17(29)24-14(19(31)22-9-16(27)28)8-11-2-4-12(25)5-3-11/h2-5,10,13-14,25H,6-9,20H2,1H3,(H2,21,26)(H,22,31)(H,23,30)(H,24,29)(H,27,28)/t10-,13-,14-/m0/s1. The molecule has 170 valence electrons. The number of phenols is 1. The molecule has 0 saturated carbocycles. The van der Waals surface area contributed by atoms with Crippen molar-refractivity contribution in [1.82, 2.24) is 16.0 Å². The molecule has 1 aromatic rings. The van der Waals surface area contributed by atoms with Crippen LogP contribution in [-0.2, 0) is 30.4 Å². The van der Waals surface area contributed by atoms with Gasteiger partial charge in [-0.3, -0.25) is 24.0 Å². The number of nitrogens with one attached hydrogen (secondary N) is 3. The Balaban J connectivity index is 2.78. The molecule has 0 aliphatic heterocycles. The van der Waals surface area contributed by atoms with E-state index in [9.17, 15) is 29.1 Å². The first kappa shape index (κ1) is 25.4. The van der Waals surface area contributed by atoms with Crippen molar-refractivity contribution in [1.29, 1.82) is 0 Å². The van der Waals surface area contributed by atoms with Crippen molar-refractivity contribution in [3.63, 3.8) is 0 Å². The molecule has 31 heavy (non-hydrogen) atoms. The Morgan fingerprint density at radius 2 is 1.61 bits per heavy atom. The van der Waals surface area contributed by atoms with Crippen LogP contribution >= 0.6 is 0 Å². The lowest BCUT2D eigenvalue weighted by Crippen LogP contribution is -2.55. The zero-order valence-electron chi connectivity index (χ0n) is 17.0. The highest BCUT2D eigenvalue weighted by molar-refractivity contribution is 5.93. The molecule has 1 aromatic carbocycles. The number of carbonyl (C=O) groups is 5. The first-order valence-corrected chi connectivity index (χ1v) is 9.41. The number of hydrogen-bond donors (Lipinski definition) is 7. The van der Waals surface area contributed by atoms with E-state index < -0.39 is 54.3 Å². The van der Waals surface area contributed by atoms with Crippen molar-refractivity contribution in [3.05, 3.63) is 29.8 Å². The number of carboxylic acids is 1. The van der Waals surface area contributed by atoms with Crippen LogP contribution in [0.5, 0.6) is 5.75 Å². The van der Waals surface area contributed by atoms with E-state index in [-0.39, 0.29) is 25.0 Å². The normalized spacial score (nSPS) is 13.4. The highest BCUT2D eigenvalue weighted by Crippen LogP contribution is 2.11. The van der Waals surface area contributed by atoms with Crippen LogP contribution in [0.25, 0.3) is 0 Å². The van der Waals surface area contributed by atoms with Crippen LogP contribution in [0.3, 0.4) is 0 Å². The van der Waals surface area contributed by atoms with Crippen molar-refractivity contribution in [2.24, 2.45) is 11.5 Å². The van der Waals surface area contributed by atoms with Crippen LogP contribution in [0, 0.1) is 0 Å². The molecule has 12 nitrogen and oxygen atoms in total. The smallest absolute Gasteiger partial charge is 0.322 e. The summed E-state index contributed by atoms with van der Waals surface area (Å²) in [6.07, 6.45) is -0.0690. The second-order valence-corrected chi connectivity index (χ2v) is 6.89. The van der Waals surface area contributed by atoms with E-state index in [0.29, 0.717) is 5.56 Å². The minimum Gasteiger partial charge on any atom is -0.508 e. The third-order valence-electron chi connectivity index (χ3n) is 4.21. The maximum Gasteiger partial charge on any atom is 0.322 e. The fourth-order valence-electron chi connectivity index (χ4n) is 2.47. The zero-order chi connectivity index (χ0) is 23.6. The maximum absolute atomic E-state index is 12.5. The predicted molar refractivity (Wildman–Crippen MR) is 108 cm³/mol. The fourth-order valence-corrected chi connectivity index (χ4v) is 2.47. The van der Waals surface area contributed by atoms with Crippen LogP contribution in [0.2, 0.25) is 0 Å². The average Bonchev–Trinajstić information content (AvgIpc) is 2.70. The Morgan fingerprint density at radius 3 is 2.16 bits per heavy atom. The summed E-state index contributed by atoms with van der Waals surface area (Å²) in [6.45, 7) is 0.739. The highest BCUT2D eigenvalue weighted by Gasteiger charge is 2.26. The first-order valence-electron chi connectivity index (χ1n) is 9.41. The summed E-state index contributed by atoms with van der Waals surface area (Å²) < 4.78 is 0. The SMILES string of the molecule is C[C@H](NC(=O)[C@@H](N)CCC(N)=O)C(=O)N[C@@H](Cc1ccc(O)cc1)C(=O)NCC(=O)O. The molecule has 4 amide bonds. The van der Waals surface area contributed by atoms with Gasteiger partial charge in [-0.15, -0.1) is 0 Å². The van der Waals surface area contributed by atoms with Crippen LogP contribution in [0.4, 0.5) is 0 Å². The van der Waals surface area contributed by atoms with Crippen LogP contribution in [-0.4, -0.2) is 64.5 Å². The lowest BCUT2D eigenvalue weighted by molar-refractivity contribution is -0.138. The van der Waals surface area contributed by atoms with Gasteiger partial charge in [0.05, 0.1) is 6.04 Å². The molecule has 0 aromatic heterocycles.